The fourth-order valence-corrected chi connectivity index (χ4v) is 2.19. The van der Waals surface area contributed by atoms with Gasteiger partial charge in [0.25, 0.3) is 0 Å². The van der Waals surface area contributed by atoms with E-state index in [-0.39, 0.29) is 10.6 Å². The number of rotatable bonds is 4. The first-order chi connectivity index (χ1) is 7.54. The molecule has 0 aliphatic heterocycles. The average Bonchev–Trinajstić information content (AvgIpc) is 2.22. The maximum atomic E-state index is 10.6. The van der Waals surface area contributed by atoms with E-state index < -0.39 is 0 Å². The van der Waals surface area contributed by atoms with Crippen molar-refractivity contribution in [3.8, 4) is 0 Å². The van der Waals surface area contributed by atoms with Crippen molar-refractivity contribution in [2.45, 2.75) is 25.7 Å². The molecule has 0 heterocycles. The molecule has 1 aromatic carbocycles. The summed E-state index contributed by atoms with van der Waals surface area (Å²) >= 11 is 1.70. The molecule has 0 bridgehead atoms. The zero-order chi connectivity index (χ0) is 12.1. The molecule has 86 valence electrons. The van der Waals surface area contributed by atoms with Crippen LogP contribution in [0.15, 0.2) is 28.8 Å². The molecule has 0 unspecified atom stereocenters. The summed E-state index contributed by atoms with van der Waals surface area (Å²) in [6.07, 6.45) is 1.62. The second-order valence-corrected chi connectivity index (χ2v) is 4.82. The van der Waals surface area contributed by atoms with Gasteiger partial charge >= 0.3 is 0 Å². The minimum atomic E-state index is -0.361. The van der Waals surface area contributed by atoms with Crippen LogP contribution in [0.25, 0.3) is 6.08 Å². The van der Waals surface area contributed by atoms with Gasteiger partial charge in [-0.25, -0.2) is 0 Å². The summed E-state index contributed by atoms with van der Waals surface area (Å²) in [7, 11) is 0. The molecule has 0 saturated heterocycles. The Morgan fingerprint density at radius 2 is 2.25 bits per heavy atom. The summed E-state index contributed by atoms with van der Waals surface area (Å²) in [4.78, 5) is 11.3. The van der Waals surface area contributed by atoms with E-state index in [9.17, 15) is 10.1 Å². The number of thioether (sulfide) groups is 1. The van der Waals surface area contributed by atoms with Crippen LogP contribution in [0.1, 0.15) is 25.0 Å². The Morgan fingerprint density at radius 3 is 2.81 bits per heavy atom. The van der Waals surface area contributed by atoms with E-state index >= 15 is 0 Å². The molecule has 16 heavy (non-hydrogen) atoms. The lowest BCUT2D eigenvalue weighted by molar-refractivity contribution is -0.422. The molecule has 0 aromatic heterocycles. The van der Waals surface area contributed by atoms with Crippen molar-refractivity contribution < 1.29 is 4.92 Å². The molecule has 0 radical (unpaired) electrons. The fourth-order valence-electron chi connectivity index (χ4n) is 1.32. The Labute approximate surface area is 99.7 Å². The largest absolute Gasteiger partial charge is 0.259 e. The van der Waals surface area contributed by atoms with Crippen molar-refractivity contribution >= 4 is 17.8 Å². The van der Waals surface area contributed by atoms with Crippen molar-refractivity contribution in [3.05, 3.63) is 45.1 Å². The van der Waals surface area contributed by atoms with Crippen molar-refractivity contribution in [1.82, 2.24) is 0 Å². The highest BCUT2D eigenvalue weighted by molar-refractivity contribution is 7.99. The highest BCUT2D eigenvalue weighted by atomic mass is 32.2. The van der Waals surface area contributed by atoms with Crippen LogP contribution in [0, 0.1) is 17.0 Å². The number of nitrogens with zero attached hydrogens (tertiary/aromatic N) is 1. The van der Waals surface area contributed by atoms with Gasteiger partial charge in [-0.2, -0.15) is 0 Å². The van der Waals surface area contributed by atoms with Gasteiger partial charge in [-0.05, 0) is 29.9 Å². The number of hydrogen-bond donors (Lipinski definition) is 0. The van der Waals surface area contributed by atoms with Crippen molar-refractivity contribution in [2.75, 3.05) is 5.75 Å². The van der Waals surface area contributed by atoms with Gasteiger partial charge in [-0.15, -0.1) is 11.8 Å². The molecular formula is C12H15NO2S. The number of nitro groups is 1. The van der Waals surface area contributed by atoms with Crippen LogP contribution < -0.4 is 0 Å². The number of allylic oxidation sites excluding steroid dienone is 1. The van der Waals surface area contributed by atoms with Crippen molar-refractivity contribution in [1.29, 1.82) is 0 Å². The molecule has 3 nitrogen and oxygen atoms in total. The van der Waals surface area contributed by atoms with Gasteiger partial charge < -0.3 is 0 Å². The Morgan fingerprint density at radius 1 is 1.56 bits per heavy atom. The zero-order valence-corrected chi connectivity index (χ0v) is 10.5. The van der Waals surface area contributed by atoms with Gasteiger partial charge in [0.1, 0.15) is 0 Å². The zero-order valence-electron chi connectivity index (χ0n) is 9.69. The molecular weight excluding hydrogens is 222 g/mol. The minimum absolute atomic E-state index is 0.168. The molecule has 0 atom stereocenters. The van der Waals surface area contributed by atoms with E-state index in [0.29, 0.717) is 0 Å². The van der Waals surface area contributed by atoms with Crippen LogP contribution >= 0.6 is 11.8 Å². The predicted molar refractivity (Wildman–Crippen MR) is 68.2 cm³/mol. The summed E-state index contributed by atoms with van der Waals surface area (Å²) in [5.41, 5.74) is 2.26. The molecule has 0 spiro atoms. The van der Waals surface area contributed by atoms with E-state index in [4.69, 9.17) is 0 Å². The maximum absolute atomic E-state index is 10.6. The second-order valence-electron chi connectivity index (χ2n) is 3.52. The van der Waals surface area contributed by atoms with Crippen LogP contribution in [0.2, 0.25) is 0 Å². The third kappa shape index (κ3) is 3.38. The topological polar surface area (TPSA) is 43.1 Å². The normalized spacial score (nSPS) is 11.6. The van der Waals surface area contributed by atoms with Crippen LogP contribution in [-0.4, -0.2) is 10.7 Å². The Bertz CT molecular complexity index is 427. The summed E-state index contributed by atoms with van der Waals surface area (Å²) < 4.78 is 0. The molecule has 1 aromatic rings. The van der Waals surface area contributed by atoms with Gasteiger partial charge in [0.15, 0.2) is 0 Å². The van der Waals surface area contributed by atoms with Gasteiger partial charge in [-0.3, -0.25) is 10.1 Å². The first-order valence-corrected chi connectivity index (χ1v) is 6.09. The predicted octanol–water partition coefficient (Wildman–Crippen LogP) is 3.74. The molecule has 0 amide bonds. The quantitative estimate of drug-likeness (QED) is 0.455. The Kier molecular flexibility index (Phi) is 4.55. The smallest absolute Gasteiger partial charge is 0.243 e. The first-order valence-electron chi connectivity index (χ1n) is 5.10. The van der Waals surface area contributed by atoms with Gasteiger partial charge in [-0.1, -0.05) is 19.1 Å². The van der Waals surface area contributed by atoms with Crippen molar-refractivity contribution in [3.63, 3.8) is 0 Å². The highest BCUT2D eigenvalue weighted by Crippen LogP contribution is 2.25. The molecule has 0 aliphatic rings. The summed E-state index contributed by atoms with van der Waals surface area (Å²) in [5.74, 6) is 0.960. The van der Waals surface area contributed by atoms with Gasteiger partial charge in [0.2, 0.25) is 5.70 Å². The SMILES string of the molecule is CCSc1cc(C)ccc1C=C(C)[N+](=O)[O-]. The Hall–Kier alpha value is -1.29. The lowest BCUT2D eigenvalue weighted by atomic mass is 10.1. The van der Waals surface area contributed by atoms with Crippen LogP contribution in [-0.2, 0) is 0 Å². The third-order valence-corrected chi connectivity index (χ3v) is 3.07. The van der Waals surface area contributed by atoms with E-state index in [1.54, 1.807) is 17.8 Å². The van der Waals surface area contributed by atoms with Gasteiger partial charge in [0.05, 0.1) is 4.92 Å². The fraction of sp³-hybridized carbons (Fsp3) is 0.333. The van der Waals surface area contributed by atoms with Gasteiger partial charge in [0, 0.05) is 17.9 Å². The third-order valence-electron chi connectivity index (χ3n) is 2.12. The highest BCUT2D eigenvalue weighted by Gasteiger charge is 2.06. The van der Waals surface area contributed by atoms with Crippen molar-refractivity contribution in [2.24, 2.45) is 0 Å². The first kappa shape index (κ1) is 12.8. The molecule has 4 heteroatoms. The summed E-state index contributed by atoms with van der Waals surface area (Å²) in [6.45, 7) is 5.61. The molecule has 0 saturated carbocycles. The van der Waals surface area contributed by atoms with E-state index in [1.165, 1.54) is 12.5 Å². The minimum Gasteiger partial charge on any atom is -0.259 e. The lowest BCUT2D eigenvalue weighted by Gasteiger charge is -2.05. The number of benzene rings is 1. The lowest BCUT2D eigenvalue weighted by Crippen LogP contribution is -1.94. The molecule has 1 rings (SSSR count). The van der Waals surface area contributed by atoms with E-state index in [1.807, 2.05) is 19.1 Å². The van der Waals surface area contributed by atoms with Crippen LogP contribution in [0.4, 0.5) is 0 Å². The second kappa shape index (κ2) is 5.70. The molecule has 0 aliphatic carbocycles. The van der Waals surface area contributed by atoms with Crippen LogP contribution in [0.5, 0.6) is 0 Å². The summed E-state index contributed by atoms with van der Waals surface area (Å²) in [5, 5.41) is 10.6. The number of aryl methyl sites for hydroxylation is 1. The molecule has 0 fully saturated rings. The maximum Gasteiger partial charge on any atom is 0.243 e. The average molecular weight is 237 g/mol. The number of hydrogen-bond acceptors (Lipinski definition) is 3. The van der Waals surface area contributed by atoms with E-state index in [0.717, 1.165) is 16.2 Å². The van der Waals surface area contributed by atoms with Crippen LogP contribution in [0.3, 0.4) is 0 Å². The Balaban J connectivity index is 3.12. The molecule has 0 N–H and O–H groups in total. The van der Waals surface area contributed by atoms with E-state index in [2.05, 4.69) is 13.0 Å². The summed E-state index contributed by atoms with van der Waals surface area (Å²) in [6, 6.07) is 5.96. The monoisotopic (exact) mass is 237 g/mol. The standard InChI is InChI=1S/C12H15NO2S/c1-4-16-12-7-9(2)5-6-11(12)8-10(3)13(14)15/h5-8H,4H2,1-3H3.